The summed E-state index contributed by atoms with van der Waals surface area (Å²) in [5, 5.41) is 13.7. The van der Waals surface area contributed by atoms with E-state index >= 15 is 0 Å². The number of anilines is 1. The Bertz CT molecular complexity index is 1440. The molecule has 0 spiro atoms. The van der Waals surface area contributed by atoms with Crippen molar-refractivity contribution in [2.45, 2.75) is 13.2 Å². The molecule has 0 fully saturated rings. The molecule has 1 N–H and O–H groups in total. The van der Waals surface area contributed by atoms with E-state index in [1.54, 1.807) is 48.5 Å². The molecule has 4 aromatic rings. The average molecular weight is 529 g/mol. The van der Waals surface area contributed by atoms with E-state index in [2.05, 4.69) is 5.32 Å². The molecule has 5 nitrogen and oxygen atoms in total. The van der Waals surface area contributed by atoms with Gasteiger partial charge in [-0.1, -0.05) is 71.7 Å². The van der Waals surface area contributed by atoms with Crippen molar-refractivity contribution in [1.82, 2.24) is 0 Å². The van der Waals surface area contributed by atoms with E-state index in [4.69, 9.17) is 32.7 Å². The number of para-hydroxylation sites is 1. The number of nitrogens with zero attached hydrogens (tertiary/aromatic N) is 1. The molecule has 0 saturated heterocycles. The Hall–Kier alpha value is -4.24. The molecule has 0 atom stereocenters. The van der Waals surface area contributed by atoms with Crippen LogP contribution < -0.4 is 14.8 Å². The van der Waals surface area contributed by atoms with Gasteiger partial charge >= 0.3 is 0 Å². The molecule has 0 saturated carbocycles. The molecular formula is C30H22Cl2N2O3. The van der Waals surface area contributed by atoms with E-state index in [1.165, 1.54) is 6.08 Å². The van der Waals surface area contributed by atoms with Crippen LogP contribution in [0.3, 0.4) is 0 Å². The van der Waals surface area contributed by atoms with Gasteiger partial charge in [0, 0.05) is 26.9 Å². The predicted molar refractivity (Wildman–Crippen MR) is 147 cm³/mol. The molecule has 4 rings (SSSR count). The molecule has 7 heteroatoms. The van der Waals surface area contributed by atoms with Crippen molar-refractivity contribution in [1.29, 1.82) is 5.26 Å². The van der Waals surface area contributed by atoms with E-state index < -0.39 is 5.91 Å². The minimum absolute atomic E-state index is 0.0541. The number of benzene rings is 4. The quantitative estimate of drug-likeness (QED) is 0.178. The Balaban J connectivity index is 1.40. The predicted octanol–water partition coefficient (Wildman–Crippen LogP) is 7.70. The van der Waals surface area contributed by atoms with Crippen LogP contribution in [0.4, 0.5) is 5.69 Å². The zero-order valence-corrected chi connectivity index (χ0v) is 21.2. The summed E-state index contributed by atoms with van der Waals surface area (Å²) in [5.41, 5.74) is 2.92. The van der Waals surface area contributed by atoms with Gasteiger partial charge in [-0.15, -0.1) is 0 Å². The van der Waals surface area contributed by atoms with Gasteiger partial charge in [0.1, 0.15) is 36.4 Å². The van der Waals surface area contributed by atoms with Gasteiger partial charge in [-0.2, -0.15) is 5.26 Å². The molecule has 0 aliphatic rings. The highest BCUT2D eigenvalue weighted by molar-refractivity contribution is 6.31. The molecule has 0 aromatic heterocycles. The van der Waals surface area contributed by atoms with Gasteiger partial charge in [0.25, 0.3) is 5.91 Å². The zero-order valence-electron chi connectivity index (χ0n) is 19.7. The Labute approximate surface area is 225 Å². The van der Waals surface area contributed by atoms with Gasteiger partial charge in [-0.25, -0.2) is 0 Å². The van der Waals surface area contributed by atoms with Crippen LogP contribution in [-0.2, 0) is 18.0 Å². The van der Waals surface area contributed by atoms with Gasteiger partial charge in [-0.05, 0) is 60.2 Å². The normalized spacial score (nSPS) is 10.9. The molecule has 0 heterocycles. The average Bonchev–Trinajstić information content (AvgIpc) is 2.92. The van der Waals surface area contributed by atoms with E-state index in [-0.39, 0.29) is 5.57 Å². The lowest BCUT2D eigenvalue weighted by molar-refractivity contribution is -0.112. The van der Waals surface area contributed by atoms with Crippen molar-refractivity contribution in [3.8, 4) is 17.6 Å². The maximum absolute atomic E-state index is 12.8. The van der Waals surface area contributed by atoms with Crippen LogP contribution in [0.15, 0.2) is 103 Å². The highest BCUT2D eigenvalue weighted by Crippen LogP contribution is 2.24. The van der Waals surface area contributed by atoms with Gasteiger partial charge < -0.3 is 14.8 Å². The second-order valence-electron chi connectivity index (χ2n) is 7.98. The fraction of sp³-hybridized carbons (Fsp3) is 0.0667. The lowest BCUT2D eigenvalue weighted by atomic mass is 10.1. The molecule has 0 aliphatic carbocycles. The lowest BCUT2D eigenvalue weighted by Gasteiger charge is -2.11. The lowest BCUT2D eigenvalue weighted by Crippen LogP contribution is -2.13. The van der Waals surface area contributed by atoms with Crippen molar-refractivity contribution < 1.29 is 14.3 Å². The van der Waals surface area contributed by atoms with Crippen LogP contribution in [-0.4, -0.2) is 5.91 Å². The summed E-state index contributed by atoms with van der Waals surface area (Å²) in [5.74, 6) is 0.651. The monoisotopic (exact) mass is 528 g/mol. The molecule has 37 heavy (non-hydrogen) atoms. The van der Waals surface area contributed by atoms with Crippen molar-refractivity contribution in [3.63, 3.8) is 0 Å². The number of hydrogen-bond donors (Lipinski definition) is 1. The van der Waals surface area contributed by atoms with E-state index in [0.29, 0.717) is 46.0 Å². The highest BCUT2D eigenvalue weighted by Gasteiger charge is 2.12. The summed E-state index contributed by atoms with van der Waals surface area (Å²) in [7, 11) is 0. The first-order valence-electron chi connectivity index (χ1n) is 11.4. The number of hydrogen-bond acceptors (Lipinski definition) is 4. The molecule has 1 amide bonds. The summed E-state index contributed by atoms with van der Waals surface area (Å²) in [6.07, 6.45) is 1.51. The Kier molecular flexibility index (Phi) is 8.83. The molecule has 0 aliphatic heterocycles. The summed E-state index contributed by atoms with van der Waals surface area (Å²) >= 11 is 12.1. The minimum Gasteiger partial charge on any atom is -0.489 e. The number of amides is 1. The van der Waals surface area contributed by atoms with E-state index in [1.807, 2.05) is 54.6 Å². The van der Waals surface area contributed by atoms with Gasteiger partial charge in [0.2, 0.25) is 0 Å². The highest BCUT2D eigenvalue weighted by atomic mass is 35.5. The van der Waals surface area contributed by atoms with Gasteiger partial charge in [-0.3, -0.25) is 4.79 Å². The van der Waals surface area contributed by atoms with E-state index in [9.17, 15) is 10.1 Å². The number of carbonyl (C=O) groups is 1. The van der Waals surface area contributed by atoms with Crippen LogP contribution >= 0.6 is 23.2 Å². The third-order valence-corrected chi connectivity index (χ3v) is 5.98. The molecule has 0 radical (unpaired) electrons. The zero-order chi connectivity index (χ0) is 26.0. The summed E-state index contributed by atoms with van der Waals surface area (Å²) in [6.45, 7) is 0.646. The van der Waals surface area contributed by atoms with Crippen molar-refractivity contribution >= 4 is 40.9 Å². The third-order valence-electron chi connectivity index (χ3n) is 5.36. The molecule has 184 valence electrons. The Morgan fingerprint density at radius 1 is 0.838 bits per heavy atom. The van der Waals surface area contributed by atoms with Crippen LogP contribution in [0.25, 0.3) is 6.08 Å². The molecular weight excluding hydrogens is 507 g/mol. The third kappa shape index (κ3) is 7.37. The number of rotatable bonds is 9. The second-order valence-corrected chi connectivity index (χ2v) is 8.83. The number of nitriles is 1. The first-order chi connectivity index (χ1) is 18.0. The first kappa shape index (κ1) is 25.8. The topological polar surface area (TPSA) is 71.3 Å². The van der Waals surface area contributed by atoms with E-state index in [0.717, 1.165) is 11.1 Å². The number of halogens is 2. The summed E-state index contributed by atoms with van der Waals surface area (Å²) in [4.78, 5) is 12.8. The van der Waals surface area contributed by atoms with Crippen LogP contribution in [0.5, 0.6) is 11.5 Å². The largest absolute Gasteiger partial charge is 0.489 e. The smallest absolute Gasteiger partial charge is 0.266 e. The second kappa shape index (κ2) is 12.6. The minimum atomic E-state index is -0.528. The summed E-state index contributed by atoms with van der Waals surface area (Å²) < 4.78 is 11.7. The molecule has 0 bridgehead atoms. The standard InChI is InChI=1S/C30H22Cl2N2O3/c31-25-11-9-21(10-12-25)19-37-29-8-4-2-5-22(29)17-24(18-33)30(35)34-26-13-15-27(16-14-26)36-20-23-6-1-3-7-28(23)32/h1-17H,19-20H2,(H,34,35)/b24-17+. The Morgan fingerprint density at radius 3 is 2.27 bits per heavy atom. The fourth-order valence-electron chi connectivity index (χ4n) is 3.39. The number of ether oxygens (including phenoxy) is 2. The molecule has 4 aromatic carbocycles. The van der Waals surface area contributed by atoms with Crippen molar-refractivity contribution in [3.05, 3.63) is 129 Å². The van der Waals surface area contributed by atoms with Crippen LogP contribution in [0.2, 0.25) is 10.0 Å². The van der Waals surface area contributed by atoms with Crippen LogP contribution in [0.1, 0.15) is 16.7 Å². The maximum atomic E-state index is 12.8. The first-order valence-corrected chi connectivity index (χ1v) is 12.1. The fourth-order valence-corrected chi connectivity index (χ4v) is 3.70. The van der Waals surface area contributed by atoms with Crippen molar-refractivity contribution in [2.75, 3.05) is 5.32 Å². The van der Waals surface area contributed by atoms with Gasteiger partial charge in [0.15, 0.2) is 0 Å². The summed E-state index contributed by atoms with van der Waals surface area (Å²) in [6, 6.07) is 30.9. The number of carbonyl (C=O) groups excluding carboxylic acids is 1. The Morgan fingerprint density at radius 2 is 1.54 bits per heavy atom. The van der Waals surface area contributed by atoms with Gasteiger partial charge in [0.05, 0.1) is 0 Å². The number of nitrogens with one attached hydrogen (secondary N) is 1. The maximum Gasteiger partial charge on any atom is 0.266 e. The van der Waals surface area contributed by atoms with Crippen molar-refractivity contribution in [2.24, 2.45) is 0 Å². The SMILES string of the molecule is N#C/C(=C\c1ccccc1OCc1ccc(Cl)cc1)C(=O)Nc1ccc(OCc2ccccc2Cl)cc1. The molecule has 0 unspecified atom stereocenters. The van der Waals surface area contributed by atoms with Crippen LogP contribution in [0, 0.1) is 11.3 Å².